The van der Waals surface area contributed by atoms with Crippen LogP contribution in [0.2, 0.25) is 0 Å². The third-order valence-electron chi connectivity index (χ3n) is 4.28. The number of aromatic nitrogens is 1. The Bertz CT molecular complexity index is 669. The smallest absolute Gasteiger partial charge is 0.224 e. The lowest BCUT2D eigenvalue weighted by Gasteiger charge is -2.07. The monoisotopic (exact) mass is 373 g/mol. The normalized spacial score (nSPS) is 10.7. The molecule has 1 heterocycles. The molecular formula is C21H31N3OS. The van der Waals surface area contributed by atoms with Gasteiger partial charge in [0.25, 0.3) is 0 Å². The Kier molecular flexibility index (Phi) is 9.18. The minimum Gasteiger partial charge on any atom is -0.362 e. The highest BCUT2D eigenvalue weighted by Gasteiger charge is 2.07. The third kappa shape index (κ3) is 7.16. The van der Waals surface area contributed by atoms with Crippen LogP contribution in [-0.2, 0) is 4.79 Å². The second-order valence-corrected chi connectivity index (χ2v) is 7.43. The van der Waals surface area contributed by atoms with Gasteiger partial charge < -0.3 is 10.6 Å². The molecule has 0 aliphatic rings. The first-order valence-electron chi connectivity index (χ1n) is 9.82. The summed E-state index contributed by atoms with van der Waals surface area (Å²) in [5.41, 5.74) is 2.81. The summed E-state index contributed by atoms with van der Waals surface area (Å²) in [4.78, 5) is 16.7. The predicted octanol–water partition coefficient (Wildman–Crippen LogP) is 6.32. The van der Waals surface area contributed by atoms with Crippen molar-refractivity contribution in [3.63, 3.8) is 0 Å². The number of unbranched alkanes of at least 4 members (excludes halogenated alkanes) is 6. The molecule has 1 aromatic carbocycles. The van der Waals surface area contributed by atoms with E-state index in [9.17, 15) is 4.79 Å². The Morgan fingerprint density at radius 2 is 1.85 bits per heavy atom. The highest BCUT2D eigenvalue weighted by molar-refractivity contribution is 7.14. The van der Waals surface area contributed by atoms with Crippen LogP contribution in [0.5, 0.6) is 0 Å². The van der Waals surface area contributed by atoms with Gasteiger partial charge in [0.15, 0.2) is 5.13 Å². The van der Waals surface area contributed by atoms with Gasteiger partial charge in [-0.1, -0.05) is 57.6 Å². The van der Waals surface area contributed by atoms with Crippen LogP contribution in [0.15, 0.2) is 29.6 Å². The van der Waals surface area contributed by atoms with Crippen LogP contribution in [0, 0.1) is 0 Å². The van der Waals surface area contributed by atoms with Gasteiger partial charge in [-0.25, -0.2) is 4.98 Å². The standard InChI is InChI=1S/C21H31N3OS/c1-3-5-6-7-8-9-10-14-20(25)23-18-13-11-12-17(15-18)19-16-26-21(24-19)22-4-2/h11-13,15-16H,3-10,14H2,1-2H3,(H,22,24)(H,23,25). The van der Waals surface area contributed by atoms with E-state index in [1.165, 1.54) is 32.1 Å². The topological polar surface area (TPSA) is 54.0 Å². The molecule has 1 amide bonds. The number of carbonyl (C=O) groups excluding carboxylic acids is 1. The number of hydrogen-bond donors (Lipinski definition) is 2. The van der Waals surface area contributed by atoms with E-state index in [0.29, 0.717) is 6.42 Å². The van der Waals surface area contributed by atoms with Gasteiger partial charge in [0, 0.05) is 29.6 Å². The molecule has 0 saturated heterocycles. The van der Waals surface area contributed by atoms with Crippen molar-refractivity contribution in [2.75, 3.05) is 17.2 Å². The van der Waals surface area contributed by atoms with Gasteiger partial charge in [0.05, 0.1) is 5.69 Å². The van der Waals surface area contributed by atoms with E-state index >= 15 is 0 Å². The van der Waals surface area contributed by atoms with Gasteiger partial charge in [0.1, 0.15) is 0 Å². The Morgan fingerprint density at radius 1 is 1.08 bits per heavy atom. The van der Waals surface area contributed by atoms with Gasteiger partial charge in [-0.15, -0.1) is 11.3 Å². The number of thiazole rings is 1. The van der Waals surface area contributed by atoms with Crippen molar-refractivity contribution in [3.8, 4) is 11.3 Å². The zero-order chi connectivity index (χ0) is 18.6. The van der Waals surface area contributed by atoms with E-state index in [0.717, 1.165) is 41.5 Å². The molecule has 0 saturated carbocycles. The third-order valence-corrected chi connectivity index (χ3v) is 5.08. The van der Waals surface area contributed by atoms with E-state index in [1.54, 1.807) is 11.3 Å². The molecule has 2 N–H and O–H groups in total. The molecule has 5 heteroatoms. The first-order valence-corrected chi connectivity index (χ1v) is 10.7. The molecule has 4 nitrogen and oxygen atoms in total. The molecule has 0 aliphatic heterocycles. The van der Waals surface area contributed by atoms with Crippen molar-refractivity contribution < 1.29 is 4.79 Å². The highest BCUT2D eigenvalue weighted by atomic mass is 32.1. The molecule has 0 fully saturated rings. The summed E-state index contributed by atoms with van der Waals surface area (Å²) in [5, 5.41) is 9.21. The number of nitrogens with one attached hydrogen (secondary N) is 2. The summed E-state index contributed by atoms with van der Waals surface area (Å²) in [6.45, 7) is 5.15. The molecule has 142 valence electrons. The lowest BCUT2D eigenvalue weighted by atomic mass is 10.1. The summed E-state index contributed by atoms with van der Waals surface area (Å²) in [7, 11) is 0. The highest BCUT2D eigenvalue weighted by Crippen LogP contribution is 2.26. The van der Waals surface area contributed by atoms with Crippen molar-refractivity contribution in [3.05, 3.63) is 29.6 Å². The van der Waals surface area contributed by atoms with Crippen LogP contribution in [0.25, 0.3) is 11.3 Å². The van der Waals surface area contributed by atoms with Crippen molar-refractivity contribution in [1.29, 1.82) is 0 Å². The average molecular weight is 374 g/mol. The number of benzene rings is 1. The molecule has 0 unspecified atom stereocenters. The van der Waals surface area contributed by atoms with E-state index < -0.39 is 0 Å². The van der Waals surface area contributed by atoms with Crippen molar-refractivity contribution in [1.82, 2.24) is 4.98 Å². The quantitative estimate of drug-likeness (QED) is 0.428. The Labute approximate surface area is 161 Å². The first-order chi connectivity index (χ1) is 12.7. The molecular weight excluding hydrogens is 342 g/mol. The second kappa shape index (κ2) is 11.7. The lowest BCUT2D eigenvalue weighted by molar-refractivity contribution is -0.116. The number of carbonyl (C=O) groups is 1. The van der Waals surface area contributed by atoms with Gasteiger partial charge in [0.2, 0.25) is 5.91 Å². The maximum absolute atomic E-state index is 12.2. The molecule has 2 aromatic rings. The van der Waals surface area contributed by atoms with Gasteiger partial charge in [-0.05, 0) is 25.5 Å². The molecule has 26 heavy (non-hydrogen) atoms. The van der Waals surface area contributed by atoms with E-state index in [2.05, 4.69) is 29.5 Å². The predicted molar refractivity (Wildman–Crippen MR) is 113 cm³/mol. The summed E-state index contributed by atoms with van der Waals surface area (Å²) in [6.07, 6.45) is 9.16. The SMILES string of the molecule is CCCCCCCCCC(=O)Nc1cccc(-c2csc(NCC)n2)c1. The summed E-state index contributed by atoms with van der Waals surface area (Å²) in [6, 6.07) is 7.92. The molecule has 1 aromatic heterocycles. The number of hydrogen-bond acceptors (Lipinski definition) is 4. The van der Waals surface area contributed by atoms with Gasteiger partial charge in [-0.2, -0.15) is 0 Å². The minimum absolute atomic E-state index is 0.0994. The van der Waals surface area contributed by atoms with Crippen molar-refractivity contribution in [2.45, 2.75) is 65.2 Å². The second-order valence-electron chi connectivity index (χ2n) is 6.57. The maximum Gasteiger partial charge on any atom is 0.224 e. The number of amides is 1. The van der Waals surface area contributed by atoms with Crippen LogP contribution in [0.3, 0.4) is 0 Å². The zero-order valence-corrected chi connectivity index (χ0v) is 16.8. The molecule has 0 spiro atoms. The van der Waals surface area contributed by atoms with E-state index in [4.69, 9.17) is 0 Å². The fourth-order valence-electron chi connectivity index (χ4n) is 2.86. The fraction of sp³-hybridized carbons (Fsp3) is 0.524. The van der Waals surface area contributed by atoms with Crippen LogP contribution in [0.4, 0.5) is 10.8 Å². The Hall–Kier alpha value is -1.88. The van der Waals surface area contributed by atoms with Gasteiger partial charge >= 0.3 is 0 Å². The molecule has 0 bridgehead atoms. The summed E-state index contributed by atoms with van der Waals surface area (Å²) >= 11 is 1.60. The van der Waals surface area contributed by atoms with Crippen LogP contribution in [-0.4, -0.2) is 17.4 Å². The minimum atomic E-state index is 0.0994. The van der Waals surface area contributed by atoms with E-state index in [1.807, 2.05) is 29.6 Å². The Morgan fingerprint density at radius 3 is 2.62 bits per heavy atom. The molecule has 0 atom stereocenters. The lowest BCUT2D eigenvalue weighted by Crippen LogP contribution is -2.11. The van der Waals surface area contributed by atoms with Crippen LogP contribution >= 0.6 is 11.3 Å². The zero-order valence-electron chi connectivity index (χ0n) is 16.0. The number of nitrogens with zero attached hydrogens (tertiary/aromatic N) is 1. The molecule has 0 radical (unpaired) electrons. The first kappa shape index (κ1) is 20.4. The van der Waals surface area contributed by atoms with Crippen LogP contribution < -0.4 is 10.6 Å². The number of rotatable bonds is 12. The molecule has 0 aliphatic carbocycles. The molecule has 2 rings (SSSR count). The van der Waals surface area contributed by atoms with Gasteiger partial charge in [-0.3, -0.25) is 4.79 Å². The average Bonchev–Trinajstić information content (AvgIpc) is 3.10. The maximum atomic E-state index is 12.2. The Balaban J connectivity index is 1.77. The van der Waals surface area contributed by atoms with E-state index in [-0.39, 0.29) is 5.91 Å². The fourth-order valence-corrected chi connectivity index (χ4v) is 3.65. The van der Waals surface area contributed by atoms with Crippen molar-refractivity contribution in [2.24, 2.45) is 0 Å². The summed E-state index contributed by atoms with van der Waals surface area (Å²) in [5.74, 6) is 0.0994. The van der Waals surface area contributed by atoms with Crippen molar-refractivity contribution >= 4 is 28.1 Å². The largest absolute Gasteiger partial charge is 0.362 e. The number of anilines is 2. The van der Waals surface area contributed by atoms with Crippen LogP contribution in [0.1, 0.15) is 65.2 Å². The summed E-state index contributed by atoms with van der Waals surface area (Å²) < 4.78 is 0.